The average Bonchev–Trinajstić information content (AvgIpc) is 2.03. The first kappa shape index (κ1) is 8.75. The highest BCUT2D eigenvalue weighted by atomic mass is 16.5. The average molecular weight is 156 g/mol. The molecular weight excluding hydrogens is 140 g/mol. The molecule has 0 spiro atoms. The van der Waals surface area contributed by atoms with Gasteiger partial charge in [0.25, 0.3) is 0 Å². The minimum atomic E-state index is -0.563. The normalized spacial score (nSPS) is 31.7. The maximum absolute atomic E-state index is 9.83. The van der Waals surface area contributed by atoms with Gasteiger partial charge in [-0.25, -0.2) is 0 Å². The molecule has 0 bridgehead atoms. The van der Waals surface area contributed by atoms with E-state index in [9.17, 15) is 5.11 Å². The van der Waals surface area contributed by atoms with Crippen molar-refractivity contribution in [2.24, 2.45) is 0 Å². The van der Waals surface area contributed by atoms with Crippen molar-refractivity contribution in [1.82, 2.24) is 0 Å². The van der Waals surface area contributed by atoms with Crippen LogP contribution in [0.15, 0.2) is 12.7 Å². The van der Waals surface area contributed by atoms with Crippen molar-refractivity contribution >= 4 is 0 Å². The zero-order valence-electron chi connectivity index (χ0n) is 6.88. The van der Waals surface area contributed by atoms with Crippen molar-refractivity contribution < 1.29 is 9.84 Å². The third-order valence-electron chi connectivity index (χ3n) is 2.12. The first-order valence-corrected chi connectivity index (χ1v) is 4.18. The summed E-state index contributed by atoms with van der Waals surface area (Å²) in [5.41, 5.74) is -0.563. The van der Waals surface area contributed by atoms with Crippen LogP contribution in [0.4, 0.5) is 0 Å². The van der Waals surface area contributed by atoms with Crippen LogP contribution >= 0.6 is 0 Å². The fourth-order valence-electron chi connectivity index (χ4n) is 1.41. The molecule has 0 radical (unpaired) electrons. The summed E-state index contributed by atoms with van der Waals surface area (Å²) < 4.78 is 5.20. The summed E-state index contributed by atoms with van der Waals surface area (Å²) in [6.07, 6.45) is 5.36. The summed E-state index contributed by atoms with van der Waals surface area (Å²) >= 11 is 0. The van der Waals surface area contributed by atoms with Gasteiger partial charge >= 0.3 is 0 Å². The quantitative estimate of drug-likeness (QED) is 0.627. The van der Waals surface area contributed by atoms with Gasteiger partial charge in [0.15, 0.2) is 0 Å². The summed E-state index contributed by atoms with van der Waals surface area (Å²) in [6.45, 7) is 4.93. The van der Waals surface area contributed by atoms with E-state index in [0.29, 0.717) is 6.61 Å². The smallest absolute Gasteiger partial charge is 0.0883 e. The highest BCUT2D eigenvalue weighted by Crippen LogP contribution is 2.23. The second kappa shape index (κ2) is 3.88. The zero-order chi connectivity index (χ0) is 8.16. The van der Waals surface area contributed by atoms with E-state index in [0.717, 1.165) is 32.3 Å². The first-order valence-electron chi connectivity index (χ1n) is 4.18. The molecule has 0 aromatic rings. The minimum absolute atomic E-state index is 0.501. The Morgan fingerprint density at radius 3 is 3.00 bits per heavy atom. The molecule has 1 rings (SSSR count). The molecule has 0 aromatic carbocycles. The van der Waals surface area contributed by atoms with Crippen LogP contribution < -0.4 is 0 Å². The van der Waals surface area contributed by atoms with Gasteiger partial charge in [-0.2, -0.15) is 0 Å². The molecule has 1 heterocycles. The van der Waals surface area contributed by atoms with Gasteiger partial charge in [-0.3, -0.25) is 0 Å². The van der Waals surface area contributed by atoms with Gasteiger partial charge in [0, 0.05) is 6.61 Å². The summed E-state index contributed by atoms with van der Waals surface area (Å²) in [4.78, 5) is 0. The summed E-state index contributed by atoms with van der Waals surface area (Å²) in [7, 11) is 0. The Bertz CT molecular complexity index is 126. The van der Waals surface area contributed by atoms with Crippen molar-refractivity contribution in [1.29, 1.82) is 0 Å². The van der Waals surface area contributed by atoms with Crippen LogP contribution in [0.25, 0.3) is 0 Å². The van der Waals surface area contributed by atoms with E-state index in [1.165, 1.54) is 0 Å². The van der Waals surface area contributed by atoms with Gasteiger partial charge < -0.3 is 9.84 Å². The Kier molecular flexibility index (Phi) is 3.09. The molecule has 2 heteroatoms. The summed E-state index contributed by atoms with van der Waals surface area (Å²) in [6, 6.07) is 0. The van der Waals surface area contributed by atoms with Crippen LogP contribution in [0.3, 0.4) is 0 Å². The highest BCUT2D eigenvalue weighted by Gasteiger charge is 2.28. The van der Waals surface area contributed by atoms with Gasteiger partial charge in [-0.15, -0.1) is 6.58 Å². The molecular formula is C9H16O2. The minimum Gasteiger partial charge on any atom is -0.387 e. The number of aliphatic hydroxyl groups is 1. The van der Waals surface area contributed by atoms with Crippen LogP contribution in [0.5, 0.6) is 0 Å². The number of ether oxygens (including phenoxy) is 1. The largest absolute Gasteiger partial charge is 0.387 e. The van der Waals surface area contributed by atoms with Gasteiger partial charge in [0.1, 0.15) is 0 Å². The second-order valence-corrected chi connectivity index (χ2v) is 3.21. The Balaban J connectivity index is 2.30. The molecule has 0 aromatic heterocycles. The molecule has 0 amide bonds. The first-order chi connectivity index (χ1) is 5.27. The standard InChI is InChI=1S/C9H16O2/c1-2-3-5-9(10)6-4-7-11-8-9/h2,10H,1,3-8H2. The highest BCUT2D eigenvalue weighted by molar-refractivity contribution is 4.83. The summed E-state index contributed by atoms with van der Waals surface area (Å²) in [5.74, 6) is 0. The van der Waals surface area contributed by atoms with Crippen LogP contribution in [0, 0.1) is 0 Å². The van der Waals surface area contributed by atoms with E-state index in [1.54, 1.807) is 0 Å². The number of hydrogen-bond donors (Lipinski definition) is 1. The Morgan fingerprint density at radius 1 is 1.64 bits per heavy atom. The predicted molar refractivity (Wildman–Crippen MR) is 44.4 cm³/mol. The molecule has 11 heavy (non-hydrogen) atoms. The topological polar surface area (TPSA) is 29.5 Å². The Morgan fingerprint density at radius 2 is 2.45 bits per heavy atom. The maximum Gasteiger partial charge on any atom is 0.0883 e. The van der Waals surface area contributed by atoms with E-state index in [2.05, 4.69) is 6.58 Å². The van der Waals surface area contributed by atoms with E-state index in [4.69, 9.17) is 4.74 Å². The van der Waals surface area contributed by atoms with E-state index in [1.807, 2.05) is 6.08 Å². The molecule has 1 aliphatic rings. The monoisotopic (exact) mass is 156 g/mol. The SMILES string of the molecule is C=CCCC1(O)CCCOC1. The van der Waals surface area contributed by atoms with Crippen molar-refractivity contribution in [3.8, 4) is 0 Å². The molecule has 1 N–H and O–H groups in total. The van der Waals surface area contributed by atoms with Gasteiger partial charge in [-0.1, -0.05) is 6.08 Å². The van der Waals surface area contributed by atoms with Crippen LogP contribution in [0.2, 0.25) is 0 Å². The van der Waals surface area contributed by atoms with Crippen LogP contribution in [0.1, 0.15) is 25.7 Å². The fourth-order valence-corrected chi connectivity index (χ4v) is 1.41. The Hall–Kier alpha value is -0.340. The van der Waals surface area contributed by atoms with E-state index >= 15 is 0 Å². The number of allylic oxidation sites excluding steroid dienone is 1. The van der Waals surface area contributed by atoms with Crippen LogP contribution in [-0.2, 0) is 4.74 Å². The van der Waals surface area contributed by atoms with Crippen molar-refractivity contribution in [3.63, 3.8) is 0 Å². The molecule has 0 saturated carbocycles. The van der Waals surface area contributed by atoms with Crippen molar-refractivity contribution in [2.45, 2.75) is 31.3 Å². The molecule has 0 aliphatic carbocycles. The zero-order valence-corrected chi connectivity index (χ0v) is 6.88. The maximum atomic E-state index is 9.83. The van der Waals surface area contributed by atoms with Gasteiger partial charge in [-0.05, 0) is 25.7 Å². The molecule has 1 fully saturated rings. The van der Waals surface area contributed by atoms with Crippen LogP contribution in [-0.4, -0.2) is 23.9 Å². The molecule has 1 saturated heterocycles. The lowest BCUT2D eigenvalue weighted by Gasteiger charge is -2.31. The third kappa shape index (κ3) is 2.64. The predicted octanol–water partition coefficient (Wildman–Crippen LogP) is 1.49. The second-order valence-electron chi connectivity index (χ2n) is 3.21. The molecule has 1 atom stereocenters. The van der Waals surface area contributed by atoms with Crippen molar-refractivity contribution in [2.75, 3.05) is 13.2 Å². The lowest BCUT2D eigenvalue weighted by Crippen LogP contribution is -2.38. The lowest BCUT2D eigenvalue weighted by atomic mass is 9.92. The summed E-state index contributed by atoms with van der Waals surface area (Å²) in [5, 5.41) is 9.83. The van der Waals surface area contributed by atoms with Gasteiger partial charge in [0.2, 0.25) is 0 Å². The van der Waals surface area contributed by atoms with E-state index < -0.39 is 5.60 Å². The van der Waals surface area contributed by atoms with Crippen molar-refractivity contribution in [3.05, 3.63) is 12.7 Å². The van der Waals surface area contributed by atoms with Gasteiger partial charge in [0.05, 0.1) is 12.2 Å². The van der Waals surface area contributed by atoms with E-state index in [-0.39, 0.29) is 0 Å². The molecule has 1 unspecified atom stereocenters. The number of rotatable bonds is 3. The molecule has 2 nitrogen and oxygen atoms in total. The fraction of sp³-hybridized carbons (Fsp3) is 0.778. The Labute approximate surface area is 67.9 Å². The molecule has 64 valence electrons. The lowest BCUT2D eigenvalue weighted by molar-refractivity contribution is -0.0889. The molecule has 1 aliphatic heterocycles. The number of hydrogen-bond acceptors (Lipinski definition) is 2. The third-order valence-corrected chi connectivity index (χ3v) is 2.12.